The highest BCUT2D eigenvalue weighted by Gasteiger charge is 2.17. The predicted molar refractivity (Wildman–Crippen MR) is 98.7 cm³/mol. The molecule has 4 aromatic rings. The van der Waals surface area contributed by atoms with E-state index in [0.29, 0.717) is 11.6 Å². The summed E-state index contributed by atoms with van der Waals surface area (Å²) >= 11 is 0. The molecule has 7 nitrogen and oxygen atoms in total. The number of benzene rings is 1. The van der Waals surface area contributed by atoms with Crippen molar-refractivity contribution in [1.29, 1.82) is 0 Å². The first kappa shape index (κ1) is 15.5. The average Bonchev–Trinajstić information content (AvgIpc) is 3.24. The van der Waals surface area contributed by atoms with Crippen LogP contribution in [0.5, 0.6) is 0 Å². The highest BCUT2D eigenvalue weighted by molar-refractivity contribution is 5.82. The van der Waals surface area contributed by atoms with Crippen molar-refractivity contribution >= 4 is 22.3 Å². The molecule has 0 spiro atoms. The average molecular weight is 348 g/mol. The topological polar surface area (TPSA) is 81.5 Å². The lowest BCUT2D eigenvalue weighted by molar-refractivity contribution is 0.0615. The molecule has 3 aromatic heterocycles. The van der Waals surface area contributed by atoms with Gasteiger partial charge in [0.05, 0.1) is 29.3 Å². The monoisotopic (exact) mass is 348 g/mol. The van der Waals surface area contributed by atoms with Crippen molar-refractivity contribution in [2.24, 2.45) is 5.92 Å². The predicted octanol–water partition coefficient (Wildman–Crippen LogP) is 3.10. The number of fused-ring (bicyclic) bond motifs is 2. The van der Waals surface area contributed by atoms with Crippen molar-refractivity contribution < 1.29 is 4.74 Å². The fraction of sp³-hybridized carbons (Fsp3) is 0.368. The van der Waals surface area contributed by atoms with E-state index in [1.165, 1.54) is 0 Å². The zero-order valence-electron chi connectivity index (χ0n) is 14.6. The van der Waals surface area contributed by atoms with Gasteiger partial charge in [0.15, 0.2) is 11.3 Å². The van der Waals surface area contributed by atoms with Crippen LogP contribution in [-0.2, 0) is 11.3 Å². The van der Waals surface area contributed by atoms with E-state index in [4.69, 9.17) is 9.72 Å². The molecule has 1 N–H and O–H groups in total. The summed E-state index contributed by atoms with van der Waals surface area (Å²) in [5, 5.41) is 0. The maximum atomic E-state index is 5.46. The van der Waals surface area contributed by atoms with Crippen LogP contribution < -0.4 is 0 Å². The molecular weight excluding hydrogens is 328 g/mol. The Kier molecular flexibility index (Phi) is 3.67. The molecule has 4 heterocycles. The molecule has 0 amide bonds. The molecule has 0 saturated carbocycles. The van der Waals surface area contributed by atoms with E-state index < -0.39 is 0 Å². The van der Waals surface area contributed by atoms with Gasteiger partial charge in [-0.2, -0.15) is 0 Å². The molecule has 1 aromatic carbocycles. The Morgan fingerprint density at radius 3 is 2.96 bits per heavy atom. The maximum absolute atomic E-state index is 5.46. The third kappa shape index (κ3) is 2.74. The molecule has 0 bridgehead atoms. The van der Waals surface area contributed by atoms with Gasteiger partial charge in [0.1, 0.15) is 5.82 Å². The van der Waals surface area contributed by atoms with Gasteiger partial charge in [0.2, 0.25) is 0 Å². The van der Waals surface area contributed by atoms with Gasteiger partial charge in [-0.05, 0) is 37.8 Å². The molecule has 0 radical (unpaired) electrons. The van der Waals surface area contributed by atoms with Crippen LogP contribution in [0.1, 0.15) is 18.7 Å². The SMILES string of the molecule is Cc1nc2ccc(-c3cnc4ncn(CC5CCOCC5)c4n3)cc2[nH]1. The molecule has 7 heteroatoms. The Morgan fingerprint density at radius 1 is 1.19 bits per heavy atom. The van der Waals surface area contributed by atoms with Crippen LogP contribution in [0.4, 0.5) is 0 Å². The highest BCUT2D eigenvalue weighted by atomic mass is 16.5. The van der Waals surface area contributed by atoms with Crippen molar-refractivity contribution in [1.82, 2.24) is 29.5 Å². The van der Waals surface area contributed by atoms with E-state index in [1.54, 1.807) is 6.20 Å². The van der Waals surface area contributed by atoms with Gasteiger partial charge in [-0.25, -0.2) is 19.9 Å². The second kappa shape index (κ2) is 6.17. The Balaban J connectivity index is 1.52. The van der Waals surface area contributed by atoms with Crippen LogP contribution in [0.3, 0.4) is 0 Å². The molecule has 26 heavy (non-hydrogen) atoms. The summed E-state index contributed by atoms with van der Waals surface area (Å²) in [5.74, 6) is 1.52. The second-order valence-electron chi connectivity index (χ2n) is 6.91. The van der Waals surface area contributed by atoms with Crippen LogP contribution in [0.2, 0.25) is 0 Å². The number of H-pyrrole nitrogens is 1. The zero-order valence-corrected chi connectivity index (χ0v) is 14.6. The fourth-order valence-electron chi connectivity index (χ4n) is 3.61. The standard InChI is InChI=1S/C19H20N6O/c1-12-22-15-3-2-14(8-16(15)23-12)17-9-20-18-19(24-17)25(11-21-18)10-13-4-6-26-7-5-13/h2-3,8-9,11,13H,4-7,10H2,1H3,(H,22,23). The Morgan fingerprint density at radius 2 is 2.08 bits per heavy atom. The molecule has 5 rings (SSSR count). The Hall–Kier alpha value is -2.80. The number of rotatable bonds is 3. The molecule has 0 aliphatic carbocycles. The number of aryl methyl sites for hydroxylation is 1. The van der Waals surface area contributed by atoms with E-state index >= 15 is 0 Å². The Labute approximate surface area is 150 Å². The van der Waals surface area contributed by atoms with Crippen molar-refractivity contribution in [2.45, 2.75) is 26.3 Å². The van der Waals surface area contributed by atoms with E-state index in [1.807, 2.05) is 25.4 Å². The van der Waals surface area contributed by atoms with Crippen molar-refractivity contribution in [3.05, 3.63) is 36.5 Å². The third-order valence-electron chi connectivity index (χ3n) is 5.02. The molecule has 1 aliphatic heterocycles. The molecule has 1 saturated heterocycles. The van der Waals surface area contributed by atoms with Gasteiger partial charge in [0, 0.05) is 25.3 Å². The minimum absolute atomic E-state index is 0.607. The molecule has 0 atom stereocenters. The van der Waals surface area contributed by atoms with Crippen LogP contribution in [0.25, 0.3) is 33.6 Å². The molecule has 1 aliphatic rings. The van der Waals surface area contributed by atoms with Crippen molar-refractivity contribution in [2.75, 3.05) is 13.2 Å². The van der Waals surface area contributed by atoms with Gasteiger partial charge in [-0.15, -0.1) is 0 Å². The summed E-state index contributed by atoms with van der Waals surface area (Å²) < 4.78 is 7.58. The smallest absolute Gasteiger partial charge is 0.197 e. The first-order chi connectivity index (χ1) is 12.8. The number of aromatic amines is 1. The summed E-state index contributed by atoms with van der Waals surface area (Å²) in [6.45, 7) is 4.56. The van der Waals surface area contributed by atoms with E-state index in [-0.39, 0.29) is 0 Å². The minimum Gasteiger partial charge on any atom is -0.381 e. The largest absolute Gasteiger partial charge is 0.381 e. The maximum Gasteiger partial charge on any atom is 0.197 e. The van der Waals surface area contributed by atoms with Crippen LogP contribution in [-0.4, -0.2) is 42.7 Å². The summed E-state index contributed by atoms with van der Waals surface area (Å²) in [4.78, 5) is 21.5. The number of hydrogen-bond donors (Lipinski definition) is 1. The lowest BCUT2D eigenvalue weighted by Crippen LogP contribution is -2.20. The quantitative estimate of drug-likeness (QED) is 0.615. The van der Waals surface area contributed by atoms with Gasteiger partial charge in [0.25, 0.3) is 0 Å². The second-order valence-corrected chi connectivity index (χ2v) is 6.91. The van der Waals surface area contributed by atoms with Gasteiger partial charge >= 0.3 is 0 Å². The van der Waals surface area contributed by atoms with Crippen molar-refractivity contribution in [3.63, 3.8) is 0 Å². The van der Waals surface area contributed by atoms with Crippen LogP contribution in [0, 0.1) is 12.8 Å². The Bertz CT molecular complexity index is 1080. The van der Waals surface area contributed by atoms with Gasteiger partial charge in [-0.3, -0.25) is 0 Å². The number of nitrogens with zero attached hydrogens (tertiary/aromatic N) is 5. The molecule has 0 unspecified atom stereocenters. The lowest BCUT2D eigenvalue weighted by Gasteiger charge is -2.22. The van der Waals surface area contributed by atoms with Crippen LogP contribution in [0.15, 0.2) is 30.7 Å². The normalized spacial score (nSPS) is 15.9. The third-order valence-corrected chi connectivity index (χ3v) is 5.02. The summed E-state index contributed by atoms with van der Waals surface area (Å²) in [6, 6.07) is 6.13. The van der Waals surface area contributed by atoms with E-state index in [0.717, 1.165) is 66.4 Å². The fourth-order valence-corrected chi connectivity index (χ4v) is 3.61. The number of nitrogens with one attached hydrogen (secondary N) is 1. The summed E-state index contributed by atoms with van der Waals surface area (Å²) in [7, 11) is 0. The van der Waals surface area contributed by atoms with Gasteiger partial charge in [-0.1, -0.05) is 6.07 Å². The lowest BCUT2D eigenvalue weighted by atomic mass is 10.0. The van der Waals surface area contributed by atoms with Gasteiger partial charge < -0.3 is 14.3 Å². The first-order valence-corrected chi connectivity index (χ1v) is 8.98. The number of hydrogen-bond acceptors (Lipinski definition) is 5. The number of aromatic nitrogens is 6. The van der Waals surface area contributed by atoms with Crippen LogP contribution >= 0.6 is 0 Å². The molecule has 132 valence electrons. The van der Waals surface area contributed by atoms with E-state index in [9.17, 15) is 0 Å². The summed E-state index contributed by atoms with van der Waals surface area (Å²) in [5.41, 5.74) is 5.38. The number of imidazole rings is 2. The van der Waals surface area contributed by atoms with Crippen molar-refractivity contribution in [3.8, 4) is 11.3 Å². The minimum atomic E-state index is 0.607. The number of ether oxygens (including phenoxy) is 1. The zero-order chi connectivity index (χ0) is 17.5. The first-order valence-electron chi connectivity index (χ1n) is 8.98. The molecular formula is C19H20N6O. The molecule has 1 fully saturated rings. The summed E-state index contributed by atoms with van der Waals surface area (Å²) in [6.07, 6.45) is 5.81. The van der Waals surface area contributed by atoms with E-state index in [2.05, 4.69) is 30.6 Å². The highest BCUT2D eigenvalue weighted by Crippen LogP contribution is 2.24.